The van der Waals surface area contributed by atoms with Gasteiger partial charge in [0.25, 0.3) is 0 Å². The number of hydrogen-bond donors (Lipinski definition) is 2. The van der Waals surface area contributed by atoms with E-state index in [2.05, 4.69) is 29.1 Å². The lowest BCUT2D eigenvalue weighted by molar-refractivity contribution is 0.302. The number of aliphatic imine (C=N–C) groups is 1. The first-order chi connectivity index (χ1) is 10.6. The molecule has 0 aliphatic carbocycles. The average molecular weight is 308 g/mol. The molecule has 0 aliphatic heterocycles. The van der Waals surface area contributed by atoms with E-state index in [0.717, 1.165) is 31.7 Å². The summed E-state index contributed by atoms with van der Waals surface area (Å²) in [7, 11) is 3.21. The van der Waals surface area contributed by atoms with Crippen molar-refractivity contribution in [2.75, 3.05) is 45.7 Å². The first-order valence-electron chi connectivity index (χ1n) is 7.65. The SMILES string of the molecule is CCN(CC)CCCN=C(N)Nc1ccc(OC)c(OC)c1. The molecule has 6 heteroatoms. The molecular formula is C16H28N4O2. The second-order valence-corrected chi connectivity index (χ2v) is 4.84. The summed E-state index contributed by atoms with van der Waals surface area (Å²) < 4.78 is 10.5. The summed E-state index contributed by atoms with van der Waals surface area (Å²) in [6.45, 7) is 8.22. The maximum Gasteiger partial charge on any atom is 0.193 e. The quantitative estimate of drug-likeness (QED) is 0.415. The molecule has 0 aromatic heterocycles. The Morgan fingerprint density at radius 1 is 1.18 bits per heavy atom. The van der Waals surface area contributed by atoms with Crippen LogP contribution >= 0.6 is 0 Å². The molecular weight excluding hydrogens is 280 g/mol. The number of nitrogens with two attached hydrogens (primary N) is 1. The Hall–Kier alpha value is -1.95. The first-order valence-corrected chi connectivity index (χ1v) is 7.65. The smallest absolute Gasteiger partial charge is 0.193 e. The molecule has 0 unspecified atom stereocenters. The van der Waals surface area contributed by atoms with E-state index >= 15 is 0 Å². The van der Waals surface area contributed by atoms with Gasteiger partial charge in [0, 0.05) is 18.3 Å². The molecule has 22 heavy (non-hydrogen) atoms. The maximum atomic E-state index is 5.90. The van der Waals surface area contributed by atoms with Crippen molar-refractivity contribution in [3.8, 4) is 11.5 Å². The van der Waals surface area contributed by atoms with E-state index in [0.29, 0.717) is 24.0 Å². The third-order valence-corrected chi connectivity index (χ3v) is 3.46. The molecule has 0 heterocycles. The van der Waals surface area contributed by atoms with Crippen LogP contribution in [0.3, 0.4) is 0 Å². The lowest BCUT2D eigenvalue weighted by Crippen LogP contribution is -2.26. The standard InChI is InChI=1S/C16H28N4O2/c1-5-20(6-2)11-7-10-18-16(17)19-13-8-9-14(21-3)15(12-13)22-4/h8-9,12H,5-7,10-11H2,1-4H3,(H3,17,18,19). The Morgan fingerprint density at radius 3 is 2.45 bits per heavy atom. The van der Waals surface area contributed by atoms with Crippen LogP contribution in [0.25, 0.3) is 0 Å². The van der Waals surface area contributed by atoms with Crippen LogP contribution in [-0.4, -0.2) is 51.3 Å². The Labute approximate surface area is 133 Å². The van der Waals surface area contributed by atoms with E-state index in [1.165, 1.54) is 0 Å². The van der Waals surface area contributed by atoms with Crippen LogP contribution in [0, 0.1) is 0 Å². The van der Waals surface area contributed by atoms with Crippen molar-refractivity contribution in [3.05, 3.63) is 18.2 Å². The van der Waals surface area contributed by atoms with E-state index in [9.17, 15) is 0 Å². The number of anilines is 1. The van der Waals surface area contributed by atoms with E-state index in [1.54, 1.807) is 14.2 Å². The molecule has 1 aromatic rings. The molecule has 1 rings (SSSR count). The number of nitrogens with one attached hydrogen (secondary N) is 1. The summed E-state index contributed by atoms with van der Waals surface area (Å²) in [5.74, 6) is 1.75. The molecule has 0 amide bonds. The van der Waals surface area contributed by atoms with Crippen LogP contribution in [0.1, 0.15) is 20.3 Å². The lowest BCUT2D eigenvalue weighted by Gasteiger charge is -2.16. The van der Waals surface area contributed by atoms with Crippen LogP contribution in [0.2, 0.25) is 0 Å². The van der Waals surface area contributed by atoms with Crippen molar-refractivity contribution in [1.29, 1.82) is 0 Å². The Balaban J connectivity index is 2.50. The molecule has 0 spiro atoms. The van der Waals surface area contributed by atoms with Gasteiger partial charge >= 0.3 is 0 Å². The first kappa shape index (κ1) is 18.1. The normalized spacial score (nSPS) is 11.6. The highest BCUT2D eigenvalue weighted by Gasteiger charge is 2.05. The summed E-state index contributed by atoms with van der Waals surface area (Å²) in [4.78, 5) is 6.71. The van der Waals surface area contributed by atoms with Gasteiger partial charge in [-0.05, 0) is 38.2 Å². The zero-order valence-corrected chi connectivity index (χ0v) is 14.1. The number of nitrogens with zero attached hydrogens (tertiary/aromatic N) is 2. The van der Waals surface area contributed by atoms with Crippen LogP contribution in [0.5, 0.6) is 11.5 Å². The molecule has 0 saturated heterocycles. The van der Waals surface area contributed by atoms with E-state index in [1.807, 2.05) is 18.2 Å². The molecule has 6 nitrogen and oxygen atoms in total. The minimum atomic E-state index is 0.409. The van der Waals surface area contributed by atoms with Crippen molar-refractivity contribution in [3.63, 3.8) is 0 Å². The van der Waals surface area contributed by atoms with Gasteiger partial charge in [0.1, 0.15) is 0 Å². The van der Waals surface area contributed by atoms with Gasteiger partial charge in [0.05, 0.1) is 14.2 Å². The highest BCUT2D eigenvalue weighted by atomic mass is 16.5. The topological polar surface area (TPSA) is 72.1 Å². The van der Waals surface area contributed by atoms with Gasteiger partial charge in [0.2, 0.25) is 0 Å². The van der Waals surface area contributed by atoms with Gasteiger partial charge in [-0.3, -0.25) is 4.99 Å². The number of hydrogen-bond acceptors (Lipinski definition) is 4. The number of methoxy groups -OCH3 is 2. The number of ether oxygens (including phenoxy) is 2. The summed E-state index contributed by atoms with van der Waals surface area (Å²) >= 11 is 0. The van der Waals surface area contributed by atoms with E-state index in [4.69, 9.17) is 15.2 Å². The van der Waals surface area contributed by atoms with Crippen LogP contribution in [0.15, 0.2) is 23.2 Å². The molecule has 0 saturated carbocycles. The third-order valence-electron chi connectivity index (χ3n) is 3.46. The van der Waals surface area contributed by atoms with Gasteiger partial charge in [0.15, 0.2) is 17.5 Å². The van der Waals surface area contributed by atoms with Crippen molar-refractivity contribution < 1.29 is 9.47 Å². The molecule has 124 valence electrons. The predicted molar refractivity (Wildman–Crippen MR) is 92.1 cm³/mol. The Bertz CT molecular complexity index is 473. The van der Waals surface area contributed by atoms with Crippen molar-refractivity contribution in [2.45, 2.75) is 20.3 Å². The second-order valence-electron chi connectivity index (χ2n) is 4.84. The molecule has 0 fully saturated rings. The number of rotatable bonds is 9. The van der Waals surface area contributed by atoms with Crippen LogP contribution < -0.4 is 20.5 Å². The Kier molecular flexibility index (Phi) is 8.14. The predicted octanol–water partition coefficient (Wildman–Crippen LogP) is 2.16. The van der Waals surface area contributed by atoms with E-state index < -0.39 is 0 Å². The van der Waals surface area contributed by atoms with Gasteiger partial charge in [-0.2, -0.15) is 0 Å². The van der Waals surface area contributed by atoms with Crippen molar-refractivity contribution in [1.82, 2.24) is 4.90 Å². The maximum absolute atomic E-state index is 5.90. The fourth-order valence-electron chi connectivity index (χ4n) is 2.14. The summed E-state index contributed by atoms with van der Waals surface area (Å²) in [6.07, 6.45) is 0.996. The molecule has 0 atom stereocenters. The third kappa shape index (κ3) is 5.81. The number of benzene rings is 1. The minimum absolute atomic E-state index is 0.409. The highest BCUT2D eigenvalue weighted by Crippen LogP contribution is 2.29. The van der Waals surface area contributed by atoms with Crippen LogP contribution in [-0.2, 0) is 0 Å². The zero-order valence-electron chi connectivity index (χ0n) is 14.1. The van der Waals surface area contributed by atoms with Gasteiger partial charge < -0.3 is 25.4 Å². The van der Waals surface area contributed by atoms with Gasteiger partial charge in [-0.15, -0.1) is 0 Å². The minimum Gasteiger partial charge on any atom is -0.493 e. The average Bonchev–Trinajstić information content (AvgIpc) is 2.54. The summed E-state index contributed by atoms with van der Waals surface area (Å²) in [5.41, 5.74) is 6.72. The summed E-state index contributed by atoms with van der Waals surface area (Å²) in [6, 6.07) is 5.53. The molecule has 0 radical (unpaired) electrons. The second kappa shape index (κ2) is 9.89. The van der Waals surface area contributed by atoms with Gasteiger partial charge in [-0.1, -0.05) is 13.8 Å². The molecule has 0 aliphatic rings. The monoisotopic (exact) mass is 308 g/mol. The molecule has 1 aromatic carbocycles. The molecule has 0 bridgehead atoms. The van der Waals surface area contributed by atoms with Crippen molar-refractivity contribution in [2.24, 2.45) is 10.7 Å². The zero-order chi connectivity index (χ0) is 16.4. The highest BCUT2D eigenvalue weighted by molar-refractivity contribution is 5.92. The Morgan fingerprint density at radius 2 is 1.86 bits per heavy atom. The lowest BCUT2D eigenvalue weighted by atomic mass is 10.3. The fraction of sp³-hybridized carbons (Fsp3) is 0.562. The van der Waals surface area contributed by atoms with Crippen molar-refractivity contribution >= 4 is 11.6 Å². The fourth-order valence-corrected chi connectivity index (χ4v) is 2.14. The van der Waals surface area contributed by atoms with Crippen LogP contribution in [0.4, 0.5) is 5.69 Å². The van der Waals surface area contributed by atoms with E-state index in [-0.39, 0.29) is 0 Å². The molecule has 3 N–H and O–H groups in total. The number of guanidine groups is 1. The van der Waals surface area contributed by atoms with Gasteiger partial charge in [-0.25, -0.2) is 0 Å². The largest absolute Gasteiger partial charge is 0.493 e. The summed E-state index contributed by atoms with van der Waals surface area (Å²) in [5, 5.41) is 3.06.